The van der Waals surface area contributed by atoms with Gasteiger partial charge in [-0.1, -0.05) is 6.07 Å². The summed E-state index contributed by atoms with van der Waals surface area (Å²) in [6.07, 6.45) is 1.52. The van der Waals surface area contributed by atoms with Gasteiger partial charge in [0, 0.05) is 6.54 Å². The molecule has 1 heterocycles. The number of nitrogens with one attached hydrogen (secondary N) is 3. The number of anilines is 1. The highest BCUT2D eigenvalue weighted by Gasteiger charge is 2.21. The van der Waals surface area contributed by atoms with Crippen LogP contribution in [0.5, 0.6) is 0 Å². The summed E-state index contributed by atoms with van der Waals surface area (Å²) in [5, 5.41) is 5.56. The molecule has 1 aliphatic heterocycles. The molecular formula is C13H19ClFN3O3S. The van der Waals surface area contributed by atoms with Gasteiger partial charge in [0.05, 0.1) is 18.0 Å². The fourth-order valence-corrected chi connectivity index (χ4v) is 2.99. The number of benzene rings is 1. The van der Waals surface area contributed by atoms with E-state index in [-0.39, 0.29) is 18.1 Å². The fourth-order valence-electron chi connectivity index (χ4n) is 2.25. The van der Waals surface area contributed by atoms with E-state index in [4.69, 9.17) is 0 Å². The zero-order valence-corrected chi connectivity index (χ0v) is 13.9. The molecule has 0 spiro atoms. The minimum Gasteiger partial charge on any atom is -0.322 e. The normalized spacial score (nSPS) is 15.4. The van der Waals surface area contributed by atoms with E-state index in [1.165, 1.54) is 13.0 Å². The number of hydrogen-bond acceptors (Lipinski definition) is 4. The van der Waals surface area contributed by atoms with Crippen molar-refractivity contribution in [2.45, 2.75) is 25.9 Å². The van der Waals surface area contributed by atoms with Gasteiger partial charge in [0.25, 0.3) is 0 Å². The third-order valence-electron chi connectivity index (χ3n) is 3.25. The van der Waals surface area contributed by atoms with Crippen molar-refractivity contribution in [2.75, 3.05) is 18.1 Å². The summed E-state index contributed by atoms with van der Waals surface area (Å²) in [7, 11) is -3.50. The fraction of sp³-hybridized carbons (Fsp3) is 0.462. The largest absolute Gasteiger partial charge is 0.322 e. The van der Waals surface area contributed by atoms with E-state index in [9.17, 15) is 17.6 Å². The van der Waals surface area contributed by atoms with Gasteiger partial charge < -0.3 is 10.6 Å². The van der Waals surface area contributed by atoms with E-state index in [2.05, 4.69) is 15.4 Å². The number of hydrogen-bond donors (Lipinski definition) is 3. The highest BCUT2D eigenvalue weighted by molar-refractivity contribution is 7.88. The van der Waals surface area contributed by atoms with Gasteiger partial charge in [0.15, 0.2) is 0 Å². The molecule has 9 heteroatoms. The maximum absolute atomic E-state index is 14.3. The number of carbonyl (C=O) groups is 1. The average molecular weight is 352 g/mol. The number of carbonyl (C=O) groups excluding carboxylic acids is 1. The van der Waals surface area contributed by atoms with Crippen molar-refractivity contribution in [1.29, 1.82) is 0 Å². The SMILES string of the molecule is CC(NS(C)(=O)=O)C(=O)Nc1ccc2c(c1F)CCNC2.Cl. The average Bonchev–Trinajstić information content (AvgIpc) is 2.40. The van der Waals surface area contributed by atoms with Gasteiger partial charge in [-0.25, -0.2) is 17.5 Å². The molecule has 0 radical (unpaired) electrons. The minimum absolute atomic E-state index is 0. The molecular weight excluding hydrogens is 333 g/mol. The molecule has 1 aromatic carbocycles. The van der Waals surface area contributed by atoms with Gasteiger partial charge in [-0.05, 0) is 37.1 Å². The van der Waals surface area contributed by atoms with Crippen LogP contribution in [-0.4, -0.2) is 33.2 Å². The molecule has 0 fully saturated rings. The van der Waals surface area contributed by atoms with Crippen molar-refractivity contribution in [3.05, 3.63) is 29.1 Å². The maximum Gasteiger partial charge on any atom is 0.242 e. The molecule has 3 N–H and O–H groups in total. The number of fused-ring (bicyclic) bond motifs is 1. The lowest BCUT2D eigenvalue weighted by Gasteiger charge is -2.20. The van der Waals surface area contributed by atoms with Gasteiger partial charge in [-0.2, -0.15) is 0 Å². The number of amides is 1. The van der Waals surface area contributed by atoms with Crippen molar-refractivity contribution in [3.8, 4) is 0 Å². The predicted octanol–water partition coefficient (Wildman–Crippen LogP) is 0.769. The molecule has 1 amide bonds. The van der Waals surface area contributed by atoms with E-state index in [1.54, 1.807) is 6.07 Å². The third kappa shape index (κ3) is 4.64. The van der Waals surface area contributed by atoms with Gasteiger partial charge in [0.1, 0.15) is 5.82 Å². The van der Waals surface area contributed by atoms with Crippen LogP contribution in [-0.2, 0) is 27.8 Å². The monoisotopic (exact) mass is 351 g/mol. The first kappa shape index (κ1) is 18.8. The highest BCUT2D eigenvalue weighted by Crippen LogP contribution is 2.24. The Morgan fingerprint density at radius 2 is 2.09 bits per heavy atom. The Bertz CT molecular complexity index is 667. The quantitative estimate of drug-likeness (QED) is 0.747. The van der Waals surface area contributed by atoms with Crippen molar-refractivity contribution >= 4 is 34.0 Å². The number of rotatable bonds is 4. The molecule has 2 rings (SSSR count). The zero-order chi connectivity index (χ0) is 15.6. The lowest BCUT2D eigenvalue weighted by Crippen LogP contribution is -2.41. The maximum atomic E-state index is 14.3. The standard InChI is InChI=1S/C13H18FN3O3S.ClH/c1-8(17-21(2,19)20)13(18)16-11-4-3-9-7-15-6-5-10(9)12(11)14;/h3-4,8,15,17H,5-7H2,1-2H3,(H,16,18);1H. The molecule has 0 aliphatic carbocycles. The van der Waals surface area contributed by atoms with Crippen LogP contribution in [0.1, 0.15) is 18.1 Å². The Balaban J connectivity index is 0.00000242. The Hall–Kier alpha value is -1.22. The summed E-state index contributed by atoms with van der Waals surface area (Å²) in [5.74, 6) is -1.05. The molecule has 0 bridgehead atoms. The van der Waals surface area contributed by atoms with Gasteiger partial charge in [-0.15, -0.1) is 12.4 Å². The summed E-state index contributed by atoms with van der Waals surface area (Å²) in [5.41, 5.74) is 1.54. The van der Waals surface area contributed by atoms with E-state index in [0.717, 1.165) is 11.8 Å². The van der Waals surface area contributed by atoms with Crippen molar-refractivity contribution in [1.82, 2.24) is 10.0 Å². The predicted molar refractivity (Wildman–Crippen MR) is 85.1 cm³/mol. The lowest BCUT2D eigenvalue weighted by atomic mass is 9.99. The highest BCUT2D eigenvalue weighted by atomic mass is 35.5. The van der Waals surface area contributed by atoms with E-state index in [0.29, 0.717) is 25.1 Å². The second-order valence-corrected chi connectivity index (χ2v) is 6.87. The topological polar surface area (TPSA) is 87.3 Å². The van der Waals surface area contributed by atoms with Crippen molar-refractivity contribution in [2.24, 2.45) is 0 Å². The molecule has 22 heavy (non-hydrogen) atoms. The second-order valence-electron chi connectivity index (χ2n) is 5.09. The van der Waals surface area contributed by atoms with Crippen LogP contribution in [0.15, 0.2) is 12.1 Å². The Morgan fingerprint density at radius 3 is 2.73 bits per heavy atom. The van der Waals surface area contributed by atoms with Crippen LogP contribution in [0.2, 0.25) is 0 Å². The molecule has 1 aromatic rings. The van der Waals surface area contributed by atoms with E-state index < -0.39 is 27.8 Å². The zero-order valence-electron chi connectivity index (χ0n) is 12.3. The lowest BCUT2D eigenvalue weighted by molar-refractivity contribution is -0.117. The first-order chi connectivity index (χ1) is 9.78. The molecule has 1 aliphatic rings. The Labute approximate surface area is 135 Å². The minimum atomic E-state index is -3.50. The molecule has 0 saturated heterocycles. The Morgan fingerprint density at radius 1 is 1.41 bits per heavy atom. The smallest absolute Gasteiger partial charge is 0.242 e. The molecule has 124 valence electrons. The first-order valence-electron chi connectivity index (χ1n) is 6.57. The molecule has 0 aromatic heterocycles. The van der Waals surface area contributed by atoms with Crippen molar-refractivity contribution in [3.63, 3.8) is 0 Å². The number of sulfonamides is 1. The summed E-state index contributed by atoms with van der Waals surface area (Å²) in [6, 6.07) is 2.28. The van der Waals surface area contributed by atoms with Crippen LogP contribution in [0.4, 0.5) is 10.1 Å². The summed E-state index contributed by atoms with van der Waals surface area (Å²) in [4.78, 5) is 11.9. The van der Waals surface area contributed by atoms with Gasteiger partial charge in [0.2, 0.25) is 15.9 Å². The van der Waals surface area contributed by atoms with Crippen LogP contribution < -0.4 is 15.4 Å². The van der Waals surface area contributed by atoms with Gasteiger partial charge >= 0.3 is 0 Å². The van der Waals surface area contributed by atoms with Crippen molar-refractivity contribution < 1.29 is 17.6 Å². The summed E-state index contributed by atoms with van der Waals surface area (Å²) in [6.45, 7) is 2.69. The van der Waals surface area contributed by atoms with E-state index >= 15 is 0 Å². The second kappa shape index (κ2) is 7.36. The van der Waals surface area contributed by atoms with Crippen LogP contribution in [0.3, 0.4) is 0 Å². The first-order valence-corrected chi connectivity index (χ1v) is 8.46. The summed E-state index contributed by atoms with van der Waals surface area (Å²) < 4.78 is 38.7. The van der Waals surface area contributed by atoms with Crippen LogP contribution in [0.25, 0.3) is 0 Å². The molecule has 6 nitrogen and oxygen atoms in total. The molecule has 0 saturated carbocycles. The van der Waals surface area contributed by atoms with Crippen LogP contribution >= 0.6 is 12.4 Å². The van der Waals surface area contributed by atoms with Gasteiger partial charge in [-0.3, -0.25) is 4.79 Å². The third-order valence-corrected chi connectivity index (χ3v) is 4.03. The number of halogens is 2. The molecule has 1 atom stereocenters. The Kier molecular flexibility index (Phi) is 6.30. The summed E-state index contributed by atoms with van der Waals surface area (Å²) >= 11 is 0. The molecule has 1 unspecified atom stereocenters. The van der Waals surface area contributed by atoms with E-state index in [1.807, 2.05) is 0 Å². The van der Waals surface area contributed by atoms with Crippen LogP contribution in [0, 0.1) is 5.82 Å².